The minimum atomic E-state index is -0.725. The van der Waals surface area contributed by atoms with Crippen LogP contribution in [0.4, 0.5) is 10.5 Å². The van der Waals surface area contributed by atoms with Crippen LogP contribution in [0.2, 0.25) is 0 Å². The summed E-state index contributed by atoms with van der Waals surface area (Å²) < 4.78 is 0.878. The smallest absolute Gasteiger partial charge is 0.267 e. The molecular weight excluding hydrogens is 438 g/mol. The van der Waals surface area contributed by atoms with E-state index in [1.807, 2.05) is 0 Å². The second-order valence-electron chi connectivity index (χ2n) is 5.31. The molecule has 3 rings (SSSR count). The van der Waals surface area contributed by atoms with Crippen LogP contribution in [0, 0.1) is 10.1 Å². The number of nitrogens with one attached hydrogen (secondary N) is 1. The molecule has 8 nitrogen and oxygen atoms in total. The number of amides is 3. The molecule has 27 heavy (non-hydrogen) atoms. The van der Waals surface area contributed by atoms with Crippen molar-refractivity contribution in [2.24, 2.45) is 0 Å². The van der Waals surface area contributed by atoms with Gasteiger partial charge < -0.3 is 0 Å². The molecule has 1 N–H and O–H groups in total. The van der Waals surface area contributed by atoms with E-state index in [9.17, 15) is 24.5 Å². The van der Waals surface area contributed by atoms with E-state index in [2.05, 4.69) is 21.4 Å². The predicted molar refractivity (Wildman–Crippen MR) is 103 cm³/mol. The molecule has 0 unspecified atom stereocenters. The molecule has 0 spiro atoms. The lowest BCUT2D eigenvalue weighted by Gasteiger charge is -2.13. The normalized spacial score (nSPS) is 15.3. The van der Waals surface area contributed by atoms with Crippen LogP contribution in [0.5, 0.6) is 0 Å². The van der Waals surface area contributed by atoms with E-state index in [0.29, 0.717) is 16.8 Å². The Morgan fingerprint density at radius 1 is 1.11 bits per heavy atom. The number of non-ortho nitro benzene ring substituents is 1. The molecule has 0 aromatic heterocycles. The number of imide groups is 1. The van der Waals surface area contributed by atoms with Crippen molar-refractivity contribution in [1.82, 2.24) is 10.4 Å². The number of rotatable bonds is 4. The molecule has 136 valence electrons. The van der Waals surface area contributed by atoms with Gasteiger partial charge in [0.25, 0.3) is 17.5 Å². The molecule has 0 saturated carbocycles. The van der Waals surface area contributed by atoms with E-state index < -0.39 is 22.0 Å². The van der Waals surface area contributed by atoms with Crippen LogP contribution >= 0.6 is 27.7 Å². The van der Waals surface area contributed by atoms with Crippen molar-refractivity contribution in [3.05, 3.63) is 79.2 Å². The topological polar surface area (TPSA) is 110 Å². The maximum absolute atomic E-state index is 12.4. The average molecular weight is 448 g/mol. The van der Waals surface area contributed by atoms with Crippen molar-refractivity contribution in [3.63, 3.8) is 0 Å². The van der Waals surface area contributed by atoms with Gasteiger partial charge in [-0.3, -0.25) is 29.9 Å². The van der Waals surface area contributed by atoms with E-state index in [1.54, 1.807) is 30.3 Å². The van der Waals surface area contributed by atoms with Crippen molar-refractivity contribution in [2.75, 3.05) is 0 Å². The van der Waals surface area contributed by atoms with Crippen molar-refractivity contribution in [1.29, 1.82) is 0 Å². The summed E-state index contributed by atoms with van der Waals surface area (Å²) >= 11 is 4.02. The first-order chi connectivity index (χ1) is 12.8. The third-order valence-corrected chi connectivity index (χ3v) is 4.91. The molecule has 2 aromatic carbocycles. The van der Waals surface area contributed by atoms with Crippen LogP contribution in [0.1, 0.15) is 15.9 Å². The van der Waals surface area contributed by atoms with E-state index in [4.69, 9.17) is 0 Å². The Bertz CT molecular complexity index is 973. The highest BCUT2D eigenvalue weighted by Crippen LogP contribution is 2.31. The van der Waals surface area contributed by atoms with E-state index in [-0.39, 0.29) is 16.2 Å². The summed E-state index contributed by atoms with van der Waals surface area (Å²) in [7, 11) is 0. The van der Waals surface area contributed by atoms with Gasteiger partial charge in [0.2, 0.25) is 0 Å². The molecule has 1 saturated heterocycles. The van der Waals surface area contributed by atoms with Crippen molar-refractivity contribution in [3.8, 4) is 0 Å². The summed E-state index contributed by atoms with van der Waals surface area (Å²) in [4.78, 5) is 46.9. The minimum absolute atomic E-state index is 0.0801. The second-order valence-corrected chi connectivity index (χ2v) is 7.22. The summed E-state index contributed by atoms with van der Waals surface area (Å²) in [6.45, 7) is 0. The lowest BCUT2D eigenvalue weighted by atomic mass is 10.2. The van der Waals surface area contributed by atoms with E-state index in [1.165, 1.54) is 12.1 Å². The molecule has 10 heteroatoms. The first-order valence-corrected chi connectivity index (χ1v) is 9.05. The first-order valence-electron chi connectivity index (χ1n) is 7.44. The van der Waals surface area contributed by atoms with Gasteiger partial charge in [-0.05, 0) is 47.7 Å². The molecule has 0 radical (unpaired) electrons. The lowest BCUT2D eigenvalue weighted by Crippen LogP contribution is -2.44. The molecular formula is C17H10BrN3O5S. The number of nitro benzene ring substituents is 1. The van der Waals surface area contributed by atoms with Crippen molar-refractivity contribution >= 4 is 56.5 Å². The zero-order chi connectivity index (χ0) is 19.6. The lowest BCUT2D eigenvalue weighted by molar-refractivity contribution is -0.384. The van der Waals surface area contributed by atoms with Gasteiger partial charge in [0.1, 0.15) is 0 Å². The quantitative estimate of drug-likeness (QED) is 0.434. The third-order valence-electron chi connectivity index (χ3n) is 3.52. The van der Waals surface area contributed by atoms with Gasteiger partial charge in [0, 0.05) is 22.2 Å². The first kappa shape index (κ1) is 18.8. The third kappa shape index (κ3) is 4.23. The van der Waals surface area contributed by atoms with Gasteiger partial charge in [-0.25, -0.2) is 0 Å². The van der Waals surface area contributed by atoms with Crippen LogP contribution < -0.4 is 5.43 Å². The van der Waals surface area contributed by atoms with Gasteiger partial charge >= 0.3 is 5.24 Å². The Morgan fingerprint density at radius 3 is 2.33 bits per heavy atom. The van der Waals surface area contributed by atoms with Crippen LogP contribution in [-0.4, -0.2) is 27.0 Å². The van der Waals surface area contributed by atoms with Gasteiger partial charge in [0.15, 0.2) is 0 Å². The van der Waals surface area contributed by atoms with Crippen LogP contribution in [-0.2, 0) is 4.79 Å². The number of thioether (sulfide) groups is 1. The van der Waals surface area contributed by atoms with Crippen LogP contribution in [0.3, 0.4) is 0 Å². The van der Waals surface area contributed by atoms with Gasteiger partial charge in [-0.1, -0.05) is 28.1 Å². The number of nitrogens with zero attached hydrogens (tertiary/aromatic N) is 2. The number of nitro groups is 1. The number of carbonyl (C=O) groups is 3. The average Bonchev–Trinajstić information content (AvgIpc) is 2.91. The summed E-state index contributed by atoms with van der Waals surface area (Å²) in [5, 5.41) is 10.6. The zero-order valence-electron chi connectivity index (χ0n) is 13.4. The van der Waals surface area contributed by atoms with Crippen molar-refractivity contribution in [2.45, 2.75) is 0 Å². The highest BCUT2D eigenvalue weighted by atomic mass is 79.9. The number of hydrazine groups is 1. The number of hydrogen-bond donors (Lipinski definition) is 1. The highest BCUT2D eigenvalue weighted by Gasteiger charge is 2.36. The van der Waals surface area contributed by atoms with Crippen LogP contribution in [0.25, 0.3) is 6.08 Å². The zero-order valence-corrected chi connectivity index (χ0v) is 15.8. The minimum Gasteiger partial charge on any atom is -0.267 e. The number of halogens is 1. The number of carbonyl (C=O) groups excluding carboxylic acids is 3. The Hall–Kier alpha value is -2.98. The molecule has 1 aliphatic heterocycles. The summed E-state index contributed by atoms with van der Waals surface area (Å²) in [5.41, 5.74) is 2.86. The fraction of sp³-hybridized carbons (Fsp3) is 0. The molecule has 1 aliphatic rings. The maximum atomic E-state index is 12.4. The molecule has 0 bridgehead atoms. The summed E-state index contributed by atoms with van der Waals surface area (Å²) in [5.74, 6) is -1.37. The molecule has 0 atom stereocenters. The van der Waals surface area contributed by atoms with E-state index >= 15 is 0 Å². The van der Waals surface area contributed by atoms with Crippen molar-refractivity contribution < 1.29 is 19.3 Å². The Balaban J connectivity index is 1.74. The second kappa shape index (κ2) is 7.72. The van der Waals surface area contributed by atoms with Gasteiger partial charge in [-0.2, -0.15) is 5.01 Å². The molecule has 1 fully saturated rings. The summed E-state index contributed by atoms with van der Waals surface area (Å²) in [6, 6.07) is 11.9. The number of benzene rings is 2. The maximum Gasteiger partial charge on any atom is 0.312 e. The monoisotopic (exact) mass is 447 g/mol. The molecule has 0 aliphatic carbocycles. The largest absolute Gasteiger partial charge is 0.312 e. The standard InChI is InChI=1S/C17H10BrN3O5S/c18-12-5-1-10(2-6-12)9-14-16(23)20(17(24)27-14)19-15(22)11-3-7-13(8-4-11)21(25)26/h1-9H,(H,19,22)/b14-9-. The molecule has 3 amide bonds. The Kier molecular flexibility index (Phi) is 5.38. The fourth-order valence-corrected chi connectivity index (χ4v) is 3.22. The Labute approximate surface area is 165 Å². The van der Waals surface area contributed by atoms with Gasteiger partial charge in [-0.15, -0.1) is 0 Å². The molecule has 2 aromatic rings. The van der Waals surface area contributed by atoms with Crippen LogP contribution in [0.15, 0.2) is 57.9 Å². The van der Waals surface area contributed by atoms with E-state index in [0.717, 1.165) is 22.2 Å². The fourth-order valence-electron chi connectivity index (χ4n) is 2.18. The molecule has 1 heterocycles. The SMILES string of the molecule is O=C(NN1C(=O)S/C(=C\c2ccc(Br)cc2)C1=O)c1ccc([N+](=O)[O-])cc1. The number of hydrogen-bond acceptors (Lipinski definition) is 6. The van der Waals surface area contributed by atoms with Gasteiger partial charge in [0.05, 0.1) is 9.83 Å². The Morgan fingerprint density at radius 2 is 1.74 bits per heavy atom. The summed E-state index contributed by atoms with van der Waals surface area (Å²) in [6.07, 6.45) is 1.55. The highest BCUT2D eigenvalue weighted by molar-refractivity contribution is 9.10. The predicted octanol–water partition coefficient (Wildman–Crippen LogP) is 3.74.